The van der Waals surface area contributed by atoms with Gasteiger partial charge in [-0.15, -0.1) is 0 Å². The molecule has 2 unspecified atom stereocenters. The summed E-state index contributed by atoms with van der Waals surface area (Å²) in [7, 11) is 0. The van der Waals surface area contributed by atoms with Crippen LogP contribution in [0.5, 0.6) is 6.01 Å². The van der Waals surface area contributed by atoms with E-state index < -0.39 is 0 Å². The van der Waals surface area contributed by atoms with E-state index in [0.717, 1.165) is 19.3 Å². The van der Waals surface area contributed by atoms with E-state index in [1.807, 2.05) is 6.92 Å². The Bertz CT molecular complexity index is 416. The zero-order chi connectivity index (χ0) is 13.7. The molecule has 106 valence electrons. The number of ether oxygens (including phenoxy) is 1. The van der Waals surface area contributed by atoms with Crippen LogP contribution in [0.25, 0.3) is 0 Å². The Hall–Kier alpha value is -1.67. The van der Waals surface area contributed by atoms with Gasteiger partial charge in [0.25, 0.3) is 0 Å². The van der Waals surface area contributed by atoms with E-state index in [1.54, 1.807) is 0 Å². The molecule has 0 aromatic carbocycles. The van der Waals surface area contributed by atoms with E-state index in [4.69, 9.17) is 10.6 Å². The monoisotopic (exact) mass is 268 g/mol. The summed E-state index contributed by atoms with van der Waals surface area (Å²) in [5, 5.41) is 12.8. The fourth-order valence-corrected chi connectivity index (χ4v) is 2.17. The lowest BCUT2D eigenvalue weighted by Crippen LogP contribution is -2.23. The molecule has 1 aromatic heterocycles. The van der Waals surface area contributed by atoms with Crippen molar-refractivity contribution in [3.8, 4) is 6.01 Å². The van der Waals surface area contributed by atoms with E-state index in [1.165, 1.54) is 0 Å². The highest BCUT2D eigenvalue weighted by atomic mass is 16.5. The van der Waals surface area contributed by atoms with Crippen molar-refractivity contribution in [2.45, 2.75) is 32.3 Å². The van der Waals surface area contributed by atoms with Crippen molar-refractivity contribution in [2.24, 2.45) is 11.8 Å². The van der Waals surface area contributed by atoms with Gasteiger partial charge in [-0.3, -0.25) is 5.43 Å². The number of nitrogens with zero attached hydrogens (tertiary/aromatic N) is 3. The Balaban J connectivity index is 2.00. The molecule has 0 saturated heterocycles. The molecule has 0 spiro atoms. The van der Waals surface area contributed by atoms with Crippen LogP contribution in [0.3, 0.4) is 0 Å². The maximum atomic E-state index is 9.76. The SMILES string of the molecule is CCOc1nc(NN)nc(NCC2CCCC2O)n1. The molecule has 8 nitrogen and oxygen atoms in total. The van der Waals surface area contributed by atoms with E-state index in [2.05, 4.69) is 25.7 Å². The molecule has 2 rings (SSSR count). The lowest BCUT2D eigenvalue weighted by Gasteiger charge is -2.15. The summed E-state index contributed by atoms with van der Waals surface area (Å²) in [5.74, 6) is 6.17. The average molecular weight is 268 g/mol. The molecule has 0 amide bonds. The van der Waals surface area contributed by atoms with Crippen molar-refractivity contribution in [1.82, 2.24) is 15.0 Å². The number of hydrogen-bond donors (Lipinski definition) is 4. The molecule has 8 heteroatoms. The first-order valence-electron chi connectivity index (χ1n) is 6.50. The largest absolute Gasteiger partial charge is 0.464 e. The van der Waals surface area contributed by atoms with Crippen LogP contribution in [0.1, 0.15) is 26.2 Å². The number of aromatic nitrogens is 3. The molecule has 0 radical (unpaired) electrons. The summed E-state index contributed by atoms with van der Waals surface area (Å²) < 4.78 is 5.23. The van der Waals surface area contributed by atoms with E-state index in [-0.39, 0.29) is 24.0 Å². The third-order valence-corrected chi connectivity index (χ3v) is 3.16. The fourth-order valence-electron chi connectivity index (χ4n) is 2.17. The second-order valence-electron chi connectivity index (χ2n) is 4.48. The molecule has 1 heterocycles. The van der Waals surface area contributed by atoms with Crippen molar-refractivity contribution >= 4 is 11.9 Å². The number of rotatable bonds is 6. The van der Waals surface area contributed by atoms with E-state index in [0.29, 0.717) is 19.1 Å². The highest BCUT2D eigenvalue weighted by molar-refractivity contribution is 5.34. The summed E-state index contributed by atoms with van der Waals surface area (Å²) in [6.45, 7) is 2.94. The summed E-state index contributed by atoms with van der Waals surface area (Å²) >= 11 is 0. The summed E-state index contributed by atoms with van der Waals surface area (Å²) in [5.41, 5.74) is 2.37. The molecule has 1 saturated carbocycles. The standard InChI is InChI=1S/C11H20N6O2/c1-2-19-11-15-9(14-10(16-11)17-12)13-6-7-4-3-5-8(7)18/h7-8,18H,2-6,12H2,1H3,(H2,13,14,15,16,17). The number of nitrogens with one attached hydrogen (secondary N) is 2. The molecule has 0 bridgehead atoms. The molecule has 1 aliphatic rings. The van der Waals surface area contributed by atoms with Gasteiger partial charge in [0.05, 0.1) is 12.7 Å². The Kier molecular flexibility index (Phi) is 4.69. The van der Waals surface area contributed by atoms with Gasteiger partial charge in [-0.2, -0.15) is 15.0 Å². The summed E-state index contributed by atoms with van der Waals surface area (Å²) in [6, 6.07) is 0.222. The van der Waals surface area contributed by atoms with E-state index in [9.17, 15) is 5.11 Å². The third kappa shape index (κ3) is 3.65. The second kappa shape index (κ2) is 6.48. The van der Waals surface area contributed by atoms with Gasteiger partial charge in [0, 0.05) is 12.5 Å². The van der Waals surface area contributed by atoms with Gasteiger partial charge >= 0.3 is 6.01 Å². The quantitative estimate of drug-likeness (QED) is 0.424. The molecule has 0 aliphatic heterocycles. The maximum Gasteiger partial charge on any atom is 0.323 e. The highest BCUT2D eigenvalue weighted by Gasteiger charge is 2.25. The van der Waals surface area contributed by atoms with E-state index >= 15 is 0 Å². The van der Waals surface area contributed by atoms with Gasteiger partial charge in [0.15, 0.2) is 0 Å². The molecular weight excluding hydrogens is 248 g/mol. The maximum absolute atomic E-state index is 9.76. The lowest BCUT2D eigenvalue weighted by molar-refractivity contribution is 0.138. The number of aliphatic hydroxyl groups excluding tert-OH is 1. The molecule has 1 aromatic rings. The van der Waals surface area contributed by atoms with Crippen LogP contribution in [0.2, 0.25) is 0 Å². The first-order valence-corrected chi connectivity index (χ1v) is 6.50. The zero-order valence-corrected chi connectivity index (χ0v) is 11.0. The van der Waals surface area contributed by atoms with Crippen LogP contribution in [-0.4, -0.2) is 39.3 Å². The van der Waals surface area contributed by atoms with Crippen LogP contribution in [0.4, 0.5) is 11.9 Å². The number of hydrogen-bond acceptors (Lipinski definition) is 8. The van der Waals surface area contributed by atoms with Crippen molar-refractivity contribution in [3.05, 3.63) is 0 Å². The molecule has 1 aliphatic carbocycles. The van der Waals surface area contributed by atoms with Crippen LogP contribution in [0, 0.1) is 5.92 Å². The third-order valence-electron chi connectivity index (χ3n) is 3.16. The number of aliphatic hydroxyl groups is 1. The van der Waals surface area contributed by atoms with Gasteiger partial charge in [-0.1, -0.05) is 6.42 Å². The van der Waals surface area contributed by atoms with Gasteiger partial charge in [-0.25, -0.2) is 5.84 Å². The van der Waals surface area contributed by atoms with Crippen molar-refractivity contribution < 1.29 is 9.84 Å². The Morgan fingerprint density at radius 3 is 2.74 bits per heavy atom. The average Bonchev–Trinajstić information content (AvgIpc) is 2.82. The van der Waals surface area contributed by atoms with Crippen LogP contribution < -0.4 is 21.3 Å². The van der Waals surface area contributed by atoms with Crippen LogP contribution in [-0.2, 0) is 0 Å². The van der Waals surface area contributed by atoms with Crippen molar-refractivity contribution in [1.29, 1.82) is 0 Å². The van der Waals surface area contributed by atoms with Crippen LogP contribution in [0.15, 0.2) is 0 Å². The topological polar surface area (TPSA) is 118 Å². The molecule has 19 heavy (non-hydrogen) atoms. The zero-order valence-electron chi connectivity index (χ0n) is 11.0. The number of nitrogens with two attached hydrogens (primary N) is 1. The first kappa shape index (κ1) is 13.8. The Morgan fingerprint density at radius 1 is 1.32 bits per heavy atom. The fraction of sp³-hybridized carbons (Fsp3) is 0.727. The normalized spacial score (nSPS) is 22.3. The first-order chi connectivity index (χ1) is 9.22. The molecule has 5 N–H and O–H groups in total. The van der Waals surface area contributed by atoms with Gasteiger partial charge in [0.1, 0.15) is 0 Å². The minimum Gasteiger partial charge on any atom is -0.464 e. The smallest absolute Gasteiger partial charge is 0.323 e. The van der Waals surface area contributed by atoms with Crippen LogP contribution >= 0.6 is 0 Å². The Labute approximate surface area is 111 Å². The second-order valence-corrected chi connectivity index (χ2v) is 4.48. The summed E-state index contributed by atoms with van der Waals surface area (Å²) in [6.07, 6.45) is 2.70. The number of nitrogen functional groups attached to an aromatic ring is 1. The number of hydrazine groups is 1. The van der Waals surface area contributed by atoms with Gasteiger partial charge < -0.3 is 15.2 Å². The molecule has 1 fully saturated rings. The molecular formula is C11H20N6O2. The Morgan fingerprint density at radius 2 is 2.11 bits per heavy atom. The van der Waals surface area contributed by atoms with Gasteiger partial charge in [0.2, 0.25) is 11.9 Å². The highest BCUT2D eigenvalue weighted by Crippen LogP contribution is 2.25. The minimum atomic E-state index is -0.243. The minimum absolute atomic E-state index is 0.222. The van der Waals surface area contributed by atoms with Crippen molar-refractivity contribution in [3.63, 3.8) is 0 Å². The predicted octanol–water partition coefficient (Wildman–Crippen LogP) is 0.129. The molecule has 2 atom stereocenters. The predicted molar refractivity (Wildman–Crippen MR) is 70.6 cm³/mol. The van der Waals surface area contributed by atoms with Crippen molar-refractivity contribution in [2.75, 3.05) is 23.9 Å². The number of anilines is 2. The lowest BCUT2D eigenvalue weighted by atomic mass is 10.1. The summed E-state index contributed by atoms with van der Waals surface area (Å²) in [4.78, 5) is 12.2. The van der Waals surface area contributed by atoms with Gasteiger partial charge in [-0.05, 0) is 19.8 Å².